The van der Waals surface area contributed by atoms with Gasteiger partial charge in [-0.15, -0.1) is 0 Å². The maximum atomic E-state index is 12.6. The summed E-state index contributed by atoms with van der Waals surface area (Å²) in [4.78, 5) is 36.1. The van der Waals surface area contributed by atoms with Crippen molar-refractivity contribution in [3.05, 3.63) is 64.2 Å². The molecule has 0 aromatic heterocycles. The van der Waals surface area contributed by atoms with Crippen molar-refractivity contribution < 1.29 is 19.2 Å². The van der Waals surface area contributed by atoms with E-state index in [1.807, 2.05) is 0 Å². The molecule has 0 unspecified atom stereocenters. The first kappa shape index (κ1) is 15.4. The van der Waals surface area contributed by atoms with Gasteiger partial charge in [-0.3, -0.25) is 14.9 Å². The second-order valence-corrected chi connectivity index (χ2v) is 4.62. The molecule has 0 radical (unpaired) electrons. The standard InChI is InChI=1S/C15H14N2O5/c1-3-10-8-13(15(19)22-2)16(9-10)14(18)11-6-4-5-7-12(11)17(20)21/h3-8,13H,1,9H2,2H3/t13-/m0/s1. The van der Waals surface area contributed by atoms with E-state index in [1.165, 1.54) is 42.4 Å². The van der Waals surface area contributed by atoms with E-state index in [4.69, 9.17) is 0 Å². The van der Waals surface area contributed by atoms with Crippen molar-refractivity contribution in [2.24, 2.45) is 0 Å². The zero-order chi connectivity index (χ0) is 16.3. The Hall–Kier alpha value is -2.96. The molecule has 1 heterocycles. The Bertz CT molecular complexity index is 680. The molecule has 7 heteroatoms. The average Bonchev–Trinajstić information content (AvgIpc) is 2.97. The number of hydrogen-bond acceptors (Lipinski definition) is 5. The third-order valence-corrected chi connectivity index (χ3v) is 3.36. The molecule has 1 atom stereocenters. The second kappa shape index (κ2) is 6.21. The topological polar surface area (TPSA) is 89.8 Å². The Balaban J connectivity index is 2.39. The van der Waals surface area contributed by atoms with E-state index in [1.54, 1.807) is 6.08 Å². The normalized spacial score (nSPS) is 16.9. The first-order valence-electron chi connectivity index (χ1n) is 6.45. The number of esters is 1. The first-order valence-corrected chi connectivity index (χ1v) is 6.45. The van der Waals surface area contributed by atoms with E-state index in [0.29, 0.717) is 5.57 Å². The van der Waals surface area contributed by atoms with E-state index >= 15 is 0 Å². The smallest absolute Gasteiger partial charge is 0.332 e. The lowest BCUT2D eigenvalue weighted by molar-refractivity contribution is -0.385. The number of carbonyl (C=O) groups excluding carboxylic acids is 2. The maximum absolute atomic E-state index is 12.6. The van der Waals surface area contributed by atoms with E-state index in [2.05, 4.69) is 11.3 Å². The summed E-state index contributed by atoms with van der Waals surface area (Å²) in [6.45, 7) is 3.75. The lowest BCUT2D eigenvalue weighted by Gasteiger charge is -2.22. The minimum absolute atomic E-state index is 0.0693. The predicted molar refractivity (Wildman–Crippen MR) is 78.2 cm³/mol. The molecular formula is C15H14N2O5. The van der Waals surface area contributed by atoms with Crippen LogP contribution in [0.5, 0.6) is 0 Å². The van der Waals surface area contributed by atoms with Gasteiger partial charge in [0.2, 0.25) is 0 Å². The summed E-state index contributed by atoms with van der Waals surface area (Å²) in [5.41, 5.74) is 0.311. The van der Waals surface area contributed by atoms with Crippen molar-refractivity contribution in [2.45, 2.75) is 6.04 Å². The van der Waals surface area contributed by atoms with E-state index in [9.17, 15) is 19.7 Å². The molecule has 114 valence electrons. The number of nitrogens with zero attached hydrogens (tertiary/aromatic N) is 2. The van der Waals surface area contributed by atoms with Crippen LogP contribution in [0.4, 0.5) is 5.69 Å². The highest BCUT2D eigenvalue weighted by Gasteiger charge is 2.36. The molecule has 0 saturated carbocycles. The summed E-state index contributed by atoms with van der Waals surface area (Å²) in [5.74, 6) is -1.21. The fraction of sp³-hybridized carbons (Fsp3) is 0.200. The average molecular weight is 302 g/mol. The van der Waals surface area contributed by atoms with E-state index < -0.39 is 22.8 Å². The number of hydrogen-bond donors (Lipinski definition) is 0. The molecule has 0 spiro atoms. The third-order valence-electron chi connectivity index (χ3n) is 3.36. The number of benzene rings is 1. The molecule has 1 aromatic rings. The zero-order valence-corrected chi connectivity index (χ0v) is 11.9. The number of carbonyl (C=O) groups is 2. The fourth-order valence-corrected chi connectivity index (χ4v) is 2.26. The Labute approximate surface area is 126 Å². The molecule has 0 fully saturated rings. The van der Waals surface area contributed by atoms with E-state index in [0.717, 1.165) is 0 Å². The Morgan fingerprint density at radius 2 is 2.14 bits per heavy atom. The quantitative estimate of drug-likeness (QED) is 0.480. The van der Waals surface area contributed by atoms with Gasteiger partial charge in [0.25, 0.3) is 11.6 Å². The SMILES string of the molecule is C=CC1=C[C@@H](C(=O)OC)N(C(=O)c2ccccc2[N+](=O)[O-])C1. The van der Waals surface area contributed by atoms with Gasteiger partial charge < -0.3 is 9.64 Å². The number of nitro benzene ring substituents is 1. The fourth-order valence-electron chi connectivity index (χ4n) is 2.26. The van der Waals surface area contributed by atoms with Gasteiger partial charge in [0, 0.05) is 12.6 Å². The van der Waals surface area contributed by atoms with Crippen LogP contribution in [0.15, 0.2) is 48.6 Å². The predicted octanol–water partition coefficient (Wildman–Crippen LogP) is 1.70. The van der Waals surface area contributed by atoms with Crippen molar-refractivity contribution in [1.29, 1.82) is 0 Å². The molecule has 0 bridgehead atoms. The molecule has 0 saturated heterocycles. The Morgan fingerprint density at radius 3 is 2.73 bits per heavy atom. The number of rotatable bonds is 4. The highest BCUT2D eigenvalue weighted by molar-refractivity contribution is 6.01. The molecule has 1 aliphatic heterocycles. The number of ether oxygens (including phenoxy) is 1. The number of para-hydroxylation sites is 1. The zero-order valence-electron chi connectivity index (χ0n) is 11.9. The van der Waals surface area contributed by atoms with Crippen LogP contribution in [0.3, 0.4) is 0 Å². The molecule has 1 amide bonds. The van der Waals surface area contributed by atoms with Gasteiger partial charge in [0.05, 0.1) is 12.0 Å². The van der Waals surface area contributed by atoms with Crippen LogP contribution in [-0.2, 0) is 9.53 Å². The van der Waals surface area contributed by atoms with Gasteiger partial charge in [0.1, 0.15) is 11.6 Å². The van der Waals surface area contributed by atoms with Crippen molar-refractivity contribution in [3.63, 3.8) is 0 Å². The van der Waals surface area contributed by atoms with E-state index in [-0.39, 0.29) is 17.8 Å². The molecule has 1 aromatic carbocycles. The summed E-state index contributed by atoms with van der Waals surface area (Å²) in [5, 5.41) is 11.0. The van der Waals surface area contributed by atoms with Crippen LogP contribution >= 0.6 is 0 Å². The highest BCUT2D eigenvalue weighted by Crippen LogP contribution is 2.25. The van der Waals surface area contributed by atoms with Crippen molar-refractivity contribution in [3.8, 4) is 0 Å². The minimum atomic E-state index is -0.912. The van der Waals surface area contributed by atoms with Crippen molar-refractivity contribution >= 4 is 17.6 Å². The number of methoxy groups -OCH3 is 1. The van der Waals surface area contributed by atoms with Crippen LogP contribution in [-0.4, -0.2) is 41.4 Å². The summed E-state index contributed by atoms with van der Waals surface area (Å²) >= 11 is 0. The highest BCUT2D eigenvalue weighted by atomic mass is 16.6. The first-order chi connectivity index (χ1) is 10.5. The van der Waals surface area contributed by atoms with Crippen molar-refractivity contribution in [1.82, 2.24) is 4.90 Å². The van der Waals surface area contributed by atoms with Gasteiger partial charge in [0.15, 0.2) is 0 Å². The molecule has 2 rings (SSSR count). The molecular weight excluding hydrogens is 288 g/mol. The number of nitro groups is 1. The molecule has 7 nitrogen and oxygen atoms in total. The van der Waals surface area contributed by atoms with Crippen LogP contribution in [0.1, 0.15) is 10.4 Å². The van der Waals surface area contributed by atoms with Crippen LogP contribution in [0.2, 0.25) is 0 Å². The molecule has 22 heavy (non-hydrogen) atoms. The summed E-state index contributed by atoms with van der Waals surface area (Å²) < 4.78 is 4.68. The summed E-state index contributed by atoms with van der Waals surface area (Å²) in [6, 6.07) is 4.71. The van der Waals surface area contributed by atoms with Gasteiger partial charge in [-0.25, -0.2) is 4.79 Å². The Kier molecular flexibility index (Phi) is 4.36. The largest absolute Gasteiger partial charge is 0.467 e. The summed E-state index contributed by atoms with van der Waals surface area (Å²) in [7, 11) is 1.22. The van der Waals surface area contributed by atoms with Gasteiger partial charge in [-0.2, -0.15) is 0 Å². The van der Waals surface area contributed by atoms with Crippen molar-refractivity contribution in [2.75, 3.05) is 13.7 Å². The number of amides is 1. The molecule has 0 aliphatic carbocycles. The summed E-state index contributed by atoms with van der Waals surface area (Å²) in [6.07, 6.45) is 3.09. The van der Waals surface area contributed by atoms with Gasteiger partial charge in [-0.05, 0) is 17.7 Å². The molecule has 1 aliphatic rings. The second-order valence-electron chi connectivity index (χ2n) is 4.62. The maximum Gasteiger partial charge on any atom is 0.332 e. The monoisotopic (exact) mass is 302 g/mol. The molecule has 0 N–H and O–H groups in total. The van der Waals surface area contributed by atoms with Gasteiger partial charge >= 0.3 is 5.97 Å². The van der Waals surface area contributed by atoms with Crippen LogP contribution in [0.25, 0.3) is 0 Å². The van der Waals surface area contributed by atoms with Crippen LogP contribution in [0, 0.1) is 10.1 Å². The van der Waals surface area contributed by atoms with Crippen LogP contribution < -0.4 is 0 Å². The lowest BCUT2D eigenvalue weighted by Crippen LogP contribution is -2.41. The lowest BCUT2D eigenvalue weighted by atomic mass is 10.1. The minimum Gasteiger partial charge on any atom is -0.467 e. The Morgan fingerprint density at radius 1 is 1.45 bits per heavy atom. The third kappa shape index (κ3) is 2.73. The van der Waals surface area contributed by atoms with Gasteiger partial charge in [-0.1, -0.05) is 24.8 Å².